The van der Waals surface area contributed by atoms with Gasteiger partial charge in [0.1, 0.15) is 0 Å². The molecule has 1 aromatic carbocycles. The monoisotopic (exact) mass is 223 g/mol. The molecule has 1 aromatic rings. The van der Waals surface area contributed by atoms with Gasteiger partial charge >= 0.3 is 0 Å². The zero-order chi connectivity index (χ0) is 12.1. The fourth-order valence-electron chi connectivity index (χ4n) is 1.43. The molecule has 0 fully saturated rings. The van der Waals surface area contributed by atoms with E-state index in [1.165, 1.54) is 6.07 Å². The Hall–Kier alpha value is -1.62. The molecule has 0 radical (unpaired) electrons. The van der Waals surface area contributed by atoms with Crippen molar-refractivity contribution in [2.75, 3.05) is 11.9 Å². The molecule has 5 heteroatoms. The minimum Gasteiger partial charge on any atom is -0.381 e. The second-order valence-electron chi connectivity index (χ2n) is 3.74. The van der Waals surface area contributed by atoms with Gasteiger partial charge in [0, 0.05) is 30.4 Å². The van der Waals surface area contributed by atoms with Crippen LogP contribution in [-0.4, -0.2) is 17.5 Å². The second kappa shape index (κ2) is 5.46. The van der Waals surface area contributed by atoms with Crippen molar-refractivity contribution < 1.29 is 4.92 Å². The van der Waals surface area contributed by atoms with Crippen molar-refractivity contribution in [3.8, 4) is 0 Å². The Morgan fingerprint density at radius 3 is 2.75 bits per heavy atom. The lowest BCUT2D eigenvalue weighted by Gasteiger charge is -2.17. The van der Waals surface area contributed by atoms with Crippen LogP contribution in [0, 0.1) is 17.0 Å². The molecular formula is C11H17N3O2. The summed E-state index contributed by atoms with van der Waals surface area (Å²) in [7, 11) is 0. The molecule has 0 heterocycles. The maximum absolute atomic E-state index is 10.6. The number of non-ortho nitro benzene ring substituents is 1. The molecule has 5 nitrogen and oxygen atoms in total. The van der Waals surface area contributed by atoms with Gasteiger partial charge in [-0.05, 0) is 18.9 Å². The van der Waals surface area contributed by atoms with Gasteiger partial charge in [-0.15, -0.1) is 0 Å². The first kappa shape index (κ1) is 12.4. The standard InChI is InChI=1S/C11H17N3O2/c1-3-9(7-12)13-11-6-10(14(15)16)5-4-8(11)2/h4-6,9,13H,3,7,12H2,1-2H3. The van der Waals surface area contributed by atoms with E-state index in [0.717, 1.165) is 17.7 Å². The number of nitrogens with zero attached hydrogens (tertiary/aromatic N) is 1. The first-order valence-corrected chi connectivity index (χ1v) is 5.30. The molecule has 0 bridgehead atoms. The van der Waals surface area contributed by atoms with Crippen LogP contribution in [0.5, 0.6) is 0 Å². The lowest BCUT2D eigenvalue weighted by Crippen LogP contribution is -2.28. The minimum atomic E-state index is -0.395. The highest BCUT2D eigenvalue weighted by atomic mass is 16.6. The zero-order valence-corrected chi connectivity index (χ0v) is 9.56. The van der Waals surface area contributed by atoms with Crippen molar-refractivity contribution in [3.63, 3.8) is 0 Å². The molecule has 88 valence electrons. The second-order valence-corrected chi connectivity index (χ2v) is 3.74. The highest BCUT2D eigenvalue weighted by Crippen LogP contribution is 2.22. The molecule has 3 N–H and O–H groups in total. The summed E-state index contributed by atoms with van der Waals surface area (Å²) in [6.07, 6.45) is 0.888. The summed E-state index contributed by atoms with van der Waals surface area (Å²) in [5, 5.41) is 13.9. The smallest absolute Gasteiger partial charge is 0.271 e. The predicted octanol–water partition coefficient (Wildman–Crippen LogP) is 2.05. The van der Waals surface area contributed by atoms with Gasteiger partial charge in [-0.1, -0.05) is 13.0 Å². The Morgan fingerprint density at radius 2 is 2.25 bits per heavy atom. The number of benzene rings is 1. The Bertz CT molecular complexity index is 375. The lowest BCUT2D eigenvalue weighted by atomic mass is 10.1. The molecule has 0 aliphatic rings. The van der Waals surface area contributed by atoms with E-state index in [1.54, 1.807) is 12.1 Å². The van der Waals surface area contributed by atoms with Crippen molar-refractivity contribution in [2.24, 2.45) is 5.73 Å². The number of aryl methyl sites for hydroxylation is 1. The zero-order valence-electron chi connectivity index (χ0n) is 9.56. The van der Waals surface area contributed by atoms with E-state index >= 15 is 0 Å². The van der Waals surface area contributed by atoms with Crippen LogP contribution in [0.15, 0.2) is 18.2 Å². The normalized spacial score (nSPS) is 12.2. The van der Waals surface area contributed by atoms with Crippen LogP contribution in [0.2, 0.25) is 0 Å². The van der Waals surface area contributed by atoms with Crippen LogP contribution in [0.3, 0.4) is 0 Å². The molecule has 0 aliphatic carbocycles. The summed E-state index contributed by atoms with van der Waals surface area (Å²) < 4.78 is 0. The van der Waals surface area contributed by atoms with Crippen molar-refractivity contribution >= 4 is 11.4 Å². The van der Waals surface area contributed by atoms with E-state index in [-0.39, 0.29) is 11.7 Å². The maximum atomic E-state index is 10.6. The number of nitrogens with one attached hydrogen (secondary N) is 1. The van der Waals surface area contributed by atoms with Gasteiger partial charge in [-0.3, -0.25) is 10.1 Å². The molecule has 0 aromatic heterocycles. The fourth-order valence-corrected chi connectivity index (χ4v) is 1.43. The number of nitro groups is 1. The van der Waals surface area contributed by atoms with E-state index in [0.29, 0.717) is 6.54 Å². The molecule has 0 saturated heterocycles. The lowest BCUT2D eigenvalue weighted by molar-refractivity contribution is -0.384. The van der Waals surface area contributed by atoms with E-state index < -0.39 is 4.92 Å². The molecule has 0 spiro atoms. The van der Waals surface area contributed by atoms with Crippen molar-refractivity contribution in [1.29, 1.82) is 0 Å². The van der Waals surface area contributed by atoms with Crippen LogP contribution in [-0.2, 0) is 0 Å². The first-order valence-electron chi connectivity index (χ1n) is 5.30. The van der Waals surface area contributed by atoms with Gasteiger partial charge in [-0.2, -0.15) is 0 Å². The minimum absolute atomic E-state index is 0.0972. The van der Waals surface area contributed by atoms with Gasteiger partial charge in [0.2, 0.25) is 0 Å². The van der Waals surface area contributed by atoms with Crippen LogP contribution in [0.25, 0.3) is 0 Å². The highest BCUT2D eigenvalue weighted by Gasteiger charge is 2.10. The van der Waals surface area contributed by atoms with Gasteiger partial charge in [0.15, 0.2) is 0 Å². The van der Waals surface area contributed by atoms with Crippen molar-refractivity contribution in [2.45, 2.75) is 26.3 Å². The summed E-state index contributed by atoms with van der Waals surface area (Å²) in [6.45, 7) is 4.45. The average molecular weight is 223 g/mol. The van der Waals surface area contributed by atoms with E-state index in [9.17, 15) is 10.1 Å². The van der Waals surface area contributed by atoms with Crippen molar-refractivity contribution in [3.05, 3.63) is 33.9 Å². The van der Waals surface area contributed by atoms with Crippen LogP contribution >= 0.6 is 0 Å². The number of nitro benzene ring substituents is 1. The maximum Gasteiger partial charge on any atom is 0.271 e. The molecule has 1 atom stereocenters. The first-order chi connectivity index (χ1) is 7.58. The van der Waals surface area contributed by atoms with Gasteiger partial charge in [0.05, 0.1) is 4.92 Å². The molecule has 0 saturated carbocycles. The summed E-state index contributed by atoms with van der Waals surface area (Å²) in [5.41, 5.74) is 7.45. The Kier molecular flexibility index (Phi) is 4.25. The van der Waals surface area contributed by atoms with Crippen LogP contribution in [0.1, 0.15) is 18.9 Å². The molecular weight excluding hydrogens is 206 g/mol. The summed E-state index contributed by atoms with van der Waals surface area (Å²) in [5.74, 6) is 0. The average Bonchev–Trinajstić information content (AvgIpc) is 2.27. The van der Waals surface area contributed by atoms with E-state index in [1.807, 2.05) is 13.8 Å². The van der Waals surface area contributed by atoms with Crippen LogP contribution in [0.4, 0.5) is 11.4 Å². The number of nitrogens with two attached hydrogens (primary N) is 1. The quantitative estimate of drug-likeness (QED) is 0.591. The van der Waals surface area contributed by atoms with E-state index in [2.05, 4.69) is 5.32 Å². The number of hydrogen-bond donors (Lipinski definition) is 2. The van der Waals surface area contributed by atoms with Gasteiger partial charge in [0.25, 0.3) is 5.69 Å². The molecule has 1 unspecified atom stereocenters. The molecule has 16 heavy (non-hydrogen) atoms. The Labute approximate surface area is 94.8 Å². The largest absolute Gasteiger partial charge is 0.381 e. The molecule has 0 aliphatic heterocycles. The summed E-state index contributed by atoms with van der Waals surface area (Å²) >= 11 is 0. The number of hydrogen-bond acceptors (Lipinski definition) is 4. The summed E-state index contributed by atoms with van der Waals surface area (Å²) in [6, 6.07) is 4.95. The SMILES string of the molecule is CCC(CN)Nc1cc([N+](=O)[O-])ccc1C. The Morgan fingerprint density at radius 1 is 1.56 bits per heavy atom. The fraction of sp³-hybridized carbons (Fsp3) is 0.455. The van der Waals surface area contributed by atoms with Gasteiger partial charge in [-0.25, -0.2) is 0 Å². The number of anilines is 1. The third kappa shape index (κ3) is 2.93. The third-order valence-corrected chi connectivity index (χ3v) is 2.57. The third-order valence-electron chi connectivity index (χ3n) is 2.57. The van der Waals surface area contributed by atoms with Crippen LogP contribution < -0.4 is 11.1 Å². The van der Waals surface area contributed by atoms with Gasteiger partial charge < -0.3 is 11.1 Å². The molecule has 1 rings (SSSR count). The molecule has 0 amide bonds. The number of rotatable bonds is 5. The highest BCUT2D eigenvalue weighted by molar-refractivity contribution is 5.57. The topological polar surface area (TPSA) is 81.2 Å². The van der Waals surface area contributed by atoms with Crippen molar-refractivity contribution in [1.82, 2.24) is 0 Å². The predicted molar refractivity (Wildman–Crippen MR) is 64.6 cm³/mol. The van der Waals surface area contributed by atoms with E-state index in [4.69, 9.17) is 5.73 Å². The summed E-state index contributed by atoms with van der Waals surface area (Å²) in [4.78, 5) is 10.2. The Balaban J connectivity index is 2.93.